The molecule has 30 heavy (non-hydrogen) atoms. The number of halogens is 5. The van der Waals surface area contributed by atoms with Crippen LogP contribution in [0.1, 0.15) is 28.8 Å². The van der Waals surface area contributed by atoms with Crippen LogP contribution in [0.3, 0.4) is 0 Å². The van der Waals surface area contributed by atoms with Crippen molar-refractivity contribution in [3.8, 4) is 0 Å². The number of guanidine groups is 1. The van der Waals surface area contributed by atoms with Crippen LogP contribution in [0.5, 0.6) is 0 Å². The number of hydrogen-bond acceptors (Lipinski definition) is 3. The first-order valence-electron chi connectivity index (χ1n) is 9.04. The third-order valence-corrected chi connectivity index (χ3v) is 4.78. The fraction of sp³-hybridized carbons (Fsp3) is 0.136. The van der Waals surface area contributed by atoms with Crippen LogP contribution < -0.4 is 10.6 Å². The summed E-state index contributed by atoms with van der Waals surface area (Å²) in [7, 11) is 0. The van der Waals surface area contributed by atoms with Gasteiger partial charge >= 0.3 is 0 Å². The van der Waals surface area contributed by atoms with Crippen LogP contribution in [-0.4, -0.2) is 5.96 Å². The Morgan fingerprint density at radius 2 is 1.40 bits per heavy atom. The molecule has 3 aromatic carbocycles. The molecule has 3 nitrogen and oxygen atoms in total. The Labute approximate surface area is 177 Å². The number of nitrogens with zero attached hydrogens (tertiary/aromatic N) is 1. The van der Waals surface area contributed by atoms with Gasteiger partial charge in [0.25, 0.3) is 0 Å². The molecule has 2 N–H and O–H groups in total. The monoisotopic (exact) mass is 435 g/mol. The molecule has 8 heteroatoms. The smallest absolute Gasteiger partial charge is 0.192 e. The maximum absolute atomic E-state index is 14.4. The first kappa shape index (κ1) is 21.6. The molecule has 0 fully saturated rings. The summed E-state index contributed by atoms with van der Waals surface area (Å²) in [4.78, 5) is 4.49. The van der Waals surface area contributed by atoms with Crippen molar-refractivity contribution in [2.24, 2.45) is 4.99 Å². The largest absolute Gasteiger partial charge is 0.352 e. The quantitative estimate of drug-likeness (QED) is 0.553. The molecule has 1 heterocycles. The minimum absolute atomic E-state index is 0. The number of nitrogens with one attached hydrogen (secondary N) is 2. The second-order valence-corrected chi connectivity index (χ2v) is 6.69. The summed E-state index contributed by atoms with van der Waals surface area (Å²) in [5, 5.41) is 6.07. The van der Waals surface area contributed by atoms with Crippen LogP contribution in [-0.2, 0) is 6.54 Å². The SMILES string of the molecule is Cl.Fc1ccc(CNC2=N[C@@H](c3ccccc3F)[C@@H](c3ccccc3F)N2)cc1F. The maximum atomic E-state index is 14.4. The van der Waals surface area contributed by atoms with Gasteiger partial charge in [0.15, 0.2) is 17.6 Å². The predicted molar refractivity (Wildman–Crippen MR) is 109 cm³/mol. The Kier molecular flexibility index (Phi) is 6.62. The lowest BCUT2D eigenvalue weighted by atomic mass is 9.94. The van der Waals surface area contributed by atoms with Gasteiger partial charge in [0.2, 0.25) is 0 Å². The molecule has 0 aromatic heterocycles. The molecule has 0 spiro atoms. The van der Waals surface area contributed by atoms with E-state index in [4.69, 9.17) is 0 Å². The highest BCUT2D eigenvalue weighted by Gasteiger charge is 2.34. The average Bonchev–Trinajstić information content (AvgIpc) is 3.13. The fourth-order valence-corrected chi connectivity index (χ4v) is 3.35. The highest BCUT2D eigenvalue weighted by Crippen LogP contribution is 2.37. The molecule has 1 aliphatic rings. The number of aliphatic imine (C=N–C) groups is 1. The molecule has 0 amide bonds. The van der Waals surface area contributed by atoms with Crippen molar-refractivity contribution >= 4 is 18.4 Å². The molecule has 0 aliphatic carbocycles. The topological polar surface area (TPSA) is 36.4 Å². The summed E-state index contributed by atoms with van der Waals surface area (Å²) < 4.78 is 55.3. The summed E-state index contributed by atoms with van der Waals surface area (Å²) in [5.41, 5.74) is 1.19. The lowest BCUT2D eigenvalue weighted by Crippen LogP contribution is -2.35. The van der Waals surface area contributed by atoms with E-state index in [-0.39, 0.29) is 19.0 Å². The Morgan fingerprint density at radius 1 is 0.767 bits per heavy atom. The molecule has 2 atom stereocenters. The van der Waals surface area contributed by atoms with Crippen molar-refractivity contribution in [3.63, 3.8) is 0 Å². The normalized spacial score (nSPS) is 17.7. The first-order valence-corrected chi connectivity index (χ1v) is 9.04. The molecule has 0 radical (unpaired) electrons. The summed E-state index contributed by atoms with van der Waals surface area (Å²) in [6.07, 6.45) is 0. The van der Waals surface area contributed by atoms with Gasteiger partial charge in [-0.15, -0.1) is 12.4 Å². The van der Waals surface area contributed by atoms with Crippen LogP contribution >= 0.6 is 12.4 Å². The van der Waals surface area contributed by atoms with Gasteiger partial charge in [-0.3, -0.25) is 0 Å². The van der Waals surface area contributed by atoms with Gasteiger partial charge in [-0.25, -0.2) is 22.6 Å². The summed E-state index contributed by atoms with van der Waals surface area (Å²) >= 11 is 0. The van der Waals surface area contributed by atoms with Gasteiger partial charge in [0.05, 0.1) is 6.04 Å². The predicted octanol–water partition coefficient (Wildman–Crippen LogP) is 5.20. The van der Waals surface area contributed by atoms with Gasteiger partial charge in [-0.05, 0) is 29.8 Å². The van der Waals surface area contributed by atoms with Crippen molar-refractivity contribution in [1.82, 2.24) is 10.6 Å². The Morgan fingerprint density at radius 3 is 2.03 bits per heavy atom. The number of rotatable bonds is 4. The lowest BCUT2D eigenvalue weighted by Gasteiger charge is -2.20. The van der Waals surface area contributed by atoms with Crippen molar-refractivity contribution in [1.29, 1.82) is 0 Å². The molecule has 0 saturated heterocycles. The number of benzene rings is 3. The second kappa shape index (κ2) is 9.17. The molecular formula is C22H18ClF4N3. The zero-order chi connectivity index (χ0) is 20.4. The van der Waals surface area contributed by atoms with Crippen LogP contribution in [0.25, 0.3) is 0 Å². The van der Waals surface area contributed by atoms with Crippen molar-refractivity contribution in [3.05, 3.63) is 107 Å². The standard InChI is InChI=1S/C22H17F4N3.ClH/c23-16-7-3-1-5-14(16)20-21(15-6-2-4-8-17(15)24)29-22(28-20)27-12-13-9-10-18(25)19(26)11-13;/h1-11,20-21H,12H2,(H2,27,28,29);1H/t20-,21+;. The molecule has 0 saturated carbocycles. The minimum atomic E-state index is -0.945. The van der Waals surface area contributed by atoms with E-state index >= 15 is 0 Å². The highest BCUT2D eigenvalue weighted by molar-refractivity contribution is 5.85. The zero-order valence-electron chi connectivity index (χ0n) is 15.6. The third-order valence-electron chi connectivity index (χ3n) is 4.78. The van der Waals surface area contributed by atoms with E-state index in [1.165, 1.54) is 18.2 Å². The third kappa shape index (κ3) is 4.41. The van der Waals surface area contributed by atoms with Crippen LogP contribution in [0, 0.1) is 23.3 Å². The minimum Gasteiger partial charge on any atom is -0.352 e. The molecule has 156 valence electrons. The van der Waals surface area contributed by atoms with Gasteiger partial charge in [0.1, 0.15) is 17.7 Å². The molecule has 4 rings (SSSR count). The molecule has 3 aromatic rings. The van der Waals surface area contributed by atoms with E-state index in [2.05, 4.69) is 15.6 Å². The Hall–Kier alpha value is -3.06. The number of hydrogen-bond donors (Lipinski definition) is 2. The van der Waals surface area contributed by atoms with Crippen molar-refractivity contribution in [2.45, 2.75) is 18.6 Å². The molecule has 0 unspecified atom stereocenters. The summed E-state index contributed by atoms with van der Waals surface area (Å²) in [5.74, 6) is -2.42. The van der Waals surface area contributed by atoms with Gasteiger partial charge in [0, 0.05) is 17.7 Å². The van der Waals surface area contributed by atoms with Gasteiger partial charge in [-0.2, -0.15) is 0 Å². The second-order valence-electron chi connectivity index (χ2n) is 6.69. The van der Waals surface area contributed by atoms with E-state index in [1.54, 1.807) is 36.4 Å². The first-order chi connectivity index (χ1) is 14.0. The van der Waals surface area contributed by atoms with Crippen LogP contribution in [0.4, 0.5) is 17.6 Å². The highest BCUT2D eigenvalue weighted by atomic mass is 35.5. The van der Waals surface area contributed by atoms with E-state index < -0.39 is 35.4 Å². The van der Waals surface area contributed by atoms with Crippen LogP contribution in [0.15, 0.2) is 71.7 Å². The molecule has 0 bridgehead atoms. The van der Waals surface area contributed by atoms with E-state index in [0.29, 0.717) is 22.6 Å². The van der Waals surface area contributed by atoms with E-state index in [0.717, 1.165) is 12.1 Å². The zero-order valence-corrected chi connectivity index (χ0v) is 16.4. The van der Waals surface area contributed by atoms with Gasteiger partial charge < -0.3 is 10.6 Å². The van der Waals surface area contributed by atoms with Crippen molar-refractivity contribution in [2.75, 3.05) is 0 Å². The molecular weight excluding hydrogens is 418 g/mol. The maximum Gasteiger partial charge on any atom is 0.192 e. The van der Waals surface area contributed by atoms with E-state index in [1.807, 2.05) is 0 Å². The lowest BCUT2D eigenvalue weighted by molar-refractivity contribution is 0.501. The van der Waals surface area contributed by atoms with Crippen LogP contribution in [0.2, 0.25) is 0 Å². The van der Waals surface area contributed by atoms with E-state index in [9.17, 15) is 17.6 Å². The fourth-order valence-electron chi connectivity index (χ4n) is 3.35. The molecule has 1 aliphatic heterocycles. The summed E-state index contributed by atoms with van der Waals surface area (Å²) in [6, 6.07) is 14.7. The van der Waals surface area contributed by atoms with Crippen molar-refractivity contribution < 1.29 is 17.6 Å². The average molecular weight is 436 g/mol. The summed E-state index contributed by atoms with van der Waals surface area (Å²) in [6.45, 7) is 0.164. The Balaban J connectivity index is 0.00000256. The van der Waals surface area contributed by atoms with Gasteiger partial charge in [-0.1, -0.05) is 42.5 Å². The Bertz CT molecular complexity index is 1070.